The van der Waals surface area contributed by atoms with E-state index in [0.29, 0.717) is 0 Å². The number of benzene rings is 1. The van der Waals surface area contributed by atoms with E-state index in [-0.39, 0.29) is 22.6 Å². The summed E-state index contributed by atoms with van der Waals surface area (Å²) >= 11 is 0. The van der Waals surface area contributed by atoms with Crippen molar-refractivity contribution in [1.29, 1.82) is 0 Å². The first kappa shape index (κ1) is 17.3. The Morgan fingerprint density at radius 3 is 2.39 bits per heavy atom. The molecule has 0 fully saturated rings. The minimum absolute atomic E-state index is 0.0476. The molecule has 1 heterocycles. The number of sulfone groups is 1. The Bertz CT molecular complexity index is 833. The van der Waals surface area contributed by atoms with Crippen molar-refractivity contribution in [3.63, 3.8) is 0 Å². The maximum absolute atomic E-state index is 14.5. The van der Waals surface area contributed by atoms with Crippen molar-refractivity contribution in [1.82, 2.24) is 0 Å². The molecule has 1 atom stereocenters. The van der Waals surface area contributed by atoms with Gasteiger partial charge in [-0.05, 0) is 33.3 Å². The predicted octanol–water partition coefficient (Wildman–Crippen LogP) is 1.82. The van der Waals surface area contributed by atoms with E-state index in [1.807, 2.05) is 0 Å². The Morgan fingerprint density at radius 1 is 1.35 bits per heavy atom. The Labute approximate surface area is 133 Å². The van der Waals surface area contributed by atoms with E-state index in [1.165, 1.54) is 27.7 Å². The fourth-order valence-electron chi connectivity index (χ4n) is 2.53. The molecular formula is C14H18FN3O4S. The van der Waals surface area contributed by atoms with Crippen LogP contribution in [0.5, 0.6) is 0 Å². The number of aliphatic imine (C=N–C) groups is 1. The van der Waals surface area contributed by atoms with Crippen LogP contribution in [0.2, 0.25) is 0 Å². The number of halogens is 1. The third kappa shape index (κ3) is 2.58. The quantitative estimate of drug-likeness (QED) is 0.649. The first-order valence-electron chi connectivity index (χ1n) is 6.85. The zero-order chi connectivity index (χ0) is 17.8. The summed E-state index contributed by atoms with van der Waals surface area (Å²) in [4.78, 5) is 14.5. The average Bonchev–Trinajstić information content (AvgIpc) is 2.38. The molecule has 0 amide bonds. The second-order valence-electron chi connectivity index (χ2n) is 6.42. The summed E-state index contributed by atoms with van der Waals surface area (Å²) in [5, 5.41) is 11.0. The fourth-order valence-corrected chi connectivity index (χ4v) is 4.21. The van der Waals surface area contributed by atoms with E-state index < -0.39 is 36.6 Å². The number of aryl methyl sites for hydroxylation is 1. The van der Waals surface area contributed by atoms with Gasteiger partial charge >= 0.3 is 0 Å². The lowest BCUT2D eigenvalue weighted by molar-refractivity contribution is -0.385. The van der Waals surface area contributed by atoms with E-state index in [4.69, 9.17) is 5.73 Å². The lowest BCUT2D eigenvalue weighted by Crippen LogP contribution is -2.55. The predicted molar refractivity (Wildman–Crippen MR) is 84.6 cm³/mol. The van der Waals surface area contributed by atoms with Crippen LogP contribution in [0.3, 0.4) is 0 Å². The minimum atomic E-state index is -3.72. The van der Waals surface area contributed by atoms with Crippen molar-refractivity contribution in [2.45, 2.75) is 38.0 Å². The van der Waals surface area contributed by atoms with Gasteiger partial charge in [0.05, 0.1) is 10.7 Å². The van der Waals surface area contributed by atoms with Gasteiger partial charge in [0.1, 0.15) is 21.9 Å². The molecule has 7 nitrogen and oxygen atoms in total. The molecule has 2 N–H and O–H groups in total. The summed E-state index contributed by atoms with van der Waals surface area (Å²) in [5.74, 6) is -1.34. The van der Waals surface area contributed by atoms with Crippen molar-refractivity contribution in [3.8, 4) is 0 Å². The Balaban J connectivity index is 2.76. The molecule has 1 aromatic carbocycles. The third-order valence-electron chi connectivity index (χ3n) is 4.26. The summed E-state index contributed by atoms with van der Waals surface area (Å²) in [6.45, 7) is 5.64. The largest absolute Gasteiger partial charge is 0.386 e. The van der Waals surface area contributed by atoms with Gasteiger partial charge in [-0.3, -0.25) is 15.1 Å². The topological polar surface area (TPSA) is 116 Å². The van der Waals surface area contributed by atoms with Gasteiger partial charge in [0.2, 0.25) is 0 Å². The van der Waals surface area contributed by atoms with Crippen molar-refractivity contribution in [3.05, 3.63) is 39.2 Å². The van der Waals surface area contributed by atoms with Gasteiger partial charge in [-0.15, -0.1) is 0 Å². The fraction of sp³-hybridized carbons (Fsp3) is 0.500. The normalized spacial score (nSPS) is 25.7. The monoisotopic (exact) mass is 343 g/mol. The Kier molecular flexibility index (Phi) is 3.75. The number of nitrogens with zero attached hydrogens (tertiary/aromatic N) is 2. The van der Waals surface area contributed by atoms with Crippen molar-refractivity contribution in [2.24, 2.45) is 10.7 Å². The number of hydrogen-bond acceptors (Lipinski definition) is 6. The van der Waals surface area contributed by atoms with E-state index in [1.54, 1.807) is 0 Å². The van der Waals surface area contributed by atoms with Crippen LogP contribution in [0.25, 0.3) is 0 Å². The smallest absolute Gasteiger partial charge is 0.270 e. The molecule has 2 rings (SSSR count). The highest BCUT2D eigenvalue weighted by Gasteiger charge is 2.49. The first-order valence-corrected chi connectivity index (χ1v) is 8.50. The number of nitrogens with two attached hydrogens (primary N) is 1. The van der Waals surface area contributed by atoms with E-state index >= 15 is 0 Å². The second kappa shape index (κ2) is 4.98. The van der Waals surface area contributed by atoms with Gasteiger partial charge in [-0.1, -0.05) is 0 Å². The highest BCUT2D eigenvalue weighted by atomic mass is 32.2. The van der Waals surface area contributed by atoms with Crippen LogP contribution >= 0.6 is 0 Å². The highest BCUT2D eigenvalue weighted by molar-refractivity contribution is 7.93. The minimum Gasteiger partial charge on any atom is -0.386 e. The van der Waals surface area contributed by atoms with Crippen molar-refractivity contribution >= 4 is 21.4 Å². The summed E-state index contributed by atoms with van der Waals surface area (Å²) in [6.07, 6.45) is 0. The number of nitro benzene ring substituents is 1. The van der Waals surface area contributed by atoms with Gasteiger partial charge < -0.3 is 5.73 Å². The third-order valence-corrected chi connectivity index (χ3v) is 6.97. The molecular weight excluding hydrogens is 325 g/mol. The molecule has 1 aliphatic heterocycles. The average molecular weight is 343 g/mol. The molecule has 0 aromatic heterocycles. The Hall–Kier alpha value is -2.03. The van der Waals surface area contributed by atoms with Crippen LogP contribution in [0.15, 0.2) is 17.1 Å². The molecule has 126 valence electrons. The number of amidine groups is 1. The SMILES string of the molecule is Cc1cc([N+](=O)[O-])cc([C@]2(C)CS(=O)(=O)C(C)(C)C(N)=N2)c1F. The maximum atomic E-state index is 14.5. The first-order chi connectivity index (χ1) is 10.3. The van der Waals surface area contributed by atoms with Gasteiger partial charge in [0, 0.05) is 17.7 Å². The molecule has 0 radical (unpaired) electrons. The standard InChI is InChI=1S/C14H18FN3O4S/c1-8-5-9(18(19)20)6-10(11(8)15)14(4)7-23(21,22)13(2,3)12(16)17-14/h5-6H,7H2,1-4H3,(H2,16,17)/t14-/m0/s1. The lowest BCUT2D eigenvalue weighted by Gasteiger charge is -2.37. The molecule has 0 saturated heterocycles. The van der Waals surface area contributed by atoms with E-state index in [0.717, 1.165) is 12.1 Å². The van der Waals surface area contributed by atoms with Crippen LogP contribution in [0.1, 0.15) is 31.9 Å². The number of hydrogen-bond donors (Lipinski definition) is 1. The second-order valence-corrected chi connectivity index (χ2v) is 8.96. The summed E-state index contributed by atoms with van der Waals surface area (Å²) in [7, 11) is -3.72. The molecule has 23 heavy (non-hydrogen) atoms. The summed E-state index contributed by atoms with van der Waals surface area (Å²) < 4.78 is 38.2. The van der Waals surface area contributed by atoms with Crippen LogP contribution in [0, 0.1) is 22.9 Å². The molecule has 0 unspecified atom stereocenters. The molecule has 0 saturated carbocycles. The number of nitro groups is 1. The molecule has 1 aliphatic rings. The molecule has 0 bridgehead atoms. The number of non-ortho nitro benzene ring substituents is 1. The van der Waals surface area contributed by atoms with Crippen LogP contribution < -0.4 is 5.73 Å². The zero-order valence-corrected chi connectivity index (χ0v) is 14.1. The van der Waals surface area contributed by atoms with Crippen LogP contribution in [0.4, 0.5) is 10.1 Å². The van der Waals surface area contributed by atoms with Gasteiger partial charge in [-0.2, -0.15) is 0 Å². The summed E-state index contributed by atoms with van der Waals surface area (Å²) in [6, 6.07) is 2.11. The number of rotatable bonds is 2. The molecule has 1 aromatic rings. The van der Waals surface area contributed by atoms with Gasteiger partial charge in [0.25, 0.3) is 5.69 Å². The lowest BCUT2D eigenvalue weighted by atomic mass is 9.91. The summed E-state index contributed by atoms with van der Waals surface area (Å²) in [5.41, 5.74) is 3.86. The van der Waals surface area contributed by atoms with Crippen LogP contribution in [-0.4, -0.2) is 29.7 Å². The highest BCUT2D eigenvalue weighted by Crippen LogP contribution is 2.39. The molecule has 0 aliphatic carbocycles. The molecule has 9 heteroatoms. The Morgan fingerprint density at radius 2 is 1.91 bits per heavy atom. The van der Waals surface area contributed by atoms with Gasteiger partial charge in [-0.25, -0.2) is 12.8 Å². The van der Waals surface area contributed by atoms with Crippen molar-refractivity contribution < 1.29 is 17.7 Å². The van der Waals surface area contributed by atoms with E-state index in [9.17, 15) is 22.9 Å². The zero-order valence-electron chi connectivity index (χ0n) is 13.3. The molecule has 0 spiro atoms. The van der Waals surface area contributed by atoms with Crippen molar-refractivity contribution in [2.75, 3.05) is 5.75 Å². The van der Waals surface area contributed by atoms with Crippen LogP contribution in [-0.2, 0) is 15.4 Å². The maximum Gasteiger partial charge on any atom is 0.270 e. The van der Waals surface area contributed by atoms with E-state index in [2.05, 4.69) is 4.99 Å². The van der Waals surface area contributed by atoms with Gasteiger partial charge in [0.15, 0.2) is 9.84 Å².